The van der Waals surface area contributed by atoms with Crippen LogP contribution in [0.15, 0.2) is 30.3 Å². The number of hydrogen-bond acceptors (Lipinski definition) is 1. The van der Waals surface area contributed by atoms with Crippen LogP contribution < -0.4 is 0 Å². The minimum Gasteiger partial charge on any atom is -0.299 e. The Morgan fingerprint density at radius 2 is 1.60 bits per heavy atom. The van der Waals surface area contributed by atoms with Gasteiger partial charge in [-0.3, -0.25) is 4.90 Å². The molecule has 20 heavy (non-hydrogen) atoms. The predicted molar refractivity (Wildman–Crippen MR) is 90.8 cm³/mol. The second kappa shape index (κ2) is 5.87. The van der Waals surface area contributed by atoms with E-state index in [0.717, 1.165) is 6.54 Å². The van der Waals surface area contributed by atoms with E-state index in [1.807, 2.05) is 0 Å². The Bertz CT molecular complexity index is 604. The average molecular weight is 332 g/mol. The van der Waals surface area contributed by atoms with Gasteiger partial charge in [-0.05, 0) is 66.2 Å². The summed E-state index contributed by atoms with van der Waals surface area (Å²) in [4.78, 5) is 2.63. The number of nitrogens with zero attached hydrogens (tertiary/aromatic N) is 1. The first-order chi connectivity index (χ1) is 9.42. The number of rotatable bonds is 2. The predicted octanol–water partition coefficient (Wildman–Crippen LogP) is 4.50. The van der Waals surface area contributed by atoms with Crippen molar-refractivity contribution in [2.75, 3.05) is 13.1 Å². The third-order valence-corrected chi connectivity index (χ3v) is 4.81. The molecular formula is C18H22BrN. The van der Waals surface area contributed by atoms with Crippen molar-refractivity contribution in [2.24, 2.45) is 0 Å². The zero-order valence-corrected chi connectivity index (χ0v) is 13.6. The van der Waals surface area contributed by atoms with Gasteiger partial charge in [-0.1, -0.05) is 36.8 Å². The summed E-state index contributed by atoms with van der Waals surface area (Å²) in [5.74, 6) is 0. The molecule has 0 N–H and O–H groups in total. The van der Waals surface area contributed by atoms with Crippen LogP contribution in [0.4, 0.5) is 0 Å². The summed E-state index contributed by atoms with van der Waals surface area (Å²) in [7, 11) is 0. The summed E-state index contributed by atoms with van der Waals surface area (Å²) in [6.07, 6.45) is 6.64. The second-order valence-electron chi connectivity index (χ2n) is 6.06. The normalized spacial score (nSPS) is 18.2. The molecule has 0 amide bonds. The Morgan fingerprint density at radius 1 is 0.850 bits per heavy atom. The molecular weight excluding hydrogens is 310 g/mol. The summed E-state index contributed by atoms with van der Waals surface area (Å²) in [6.45, 7) is 3.70. The lowest BCUT2D eigenvalue weighted by Crippen LogP contribution is -2.29. The van der Waals surface area contributed by atoms with E-state index in [1.165, 1.54) is 56.1 Å². The zero-order valence-electron chi connectivity index (χ0n) is 11.9. The Balaban J connectivity index is 0.00000121. The van der Waals surface area contributed by atoms with Crippen molar-refractivity contribution in [3.05, 3.63) is 47.0 Å². The van der Waals surface area contributed by atoms with E-state index in [4.69, 9.17) is 0 Å². The molecule has 0 atom stereocenters. The molecule has 1 aliphatic carbocycles. The van der Waals surface area contributed by atoms with Crippen LogP contribution in [-0.2, 0) is 19.4 Å². The quantitative estimate of drug-likeness (QED) is 0.782. The fourth-order valence-electron chi connectivity index (χ4n) is 3.80. The van der Waals surface area contributed by atoms with Crippen molar-refractivity contribution in [3.8, 4) is 0 Å². The SMILES string of the molecule is Br.c1cc2c3c(ccc(CN4CCCCC4)c3c1)CC2. The first-order valence-electron chi connectivity index (χ1n) is 7.66. The lowest BCUT2D eigenvalue weighted by Gasteiger charge is -2.27. The number of halogens is 1. The van der Waals surface area contributed by atoms with Gasteiger partial charge < -0.3 is 0 Å². The number of hydrogen-bond donors (Lipinski definition) is 0. The lowest BCUT2D eigenvalue weighted by atomic mass is 9.99. The average Bonchev–Trinajstić information content (AvgIpc) is 2.88. The monoisotopic (exact) mass is 331 g/mol. The molecule has 1 fully saturated rings. The van der Waals surface area contributed by atoms with Crippen molar-refractivity contribution in [2.45, 2.75) is 38.6 Å². The van der Waals surface area contributed by atoms with E-state index in [-0.39, 0.29) is 17.0 Å². The summed E-state index contributed by atoms with van der Waals surface area (Å²) >= 11 is 0. The molecule has 1 saturated heterocycles. The molecule has 0 aromatic heterocycles. The maximum atomic E-state index is 2.63. The van der Waals surface area contributed by atoms with Crippen LogP contribution in [-0.4, -0.2) is 18.0 Å². The third-order valence-electron chi connectivity index (χ3n) is 4.81. The lowest BCUT2D eigenvalue weighted by molar-refractivity contribution is 0.221. The molecule has 0 saturated carbocycles. The Kier molecular flexibility index (Phi) is 4.13. The maximum absolute atomic E-state index is 2.63. The Morgan fingerprint density at radius 3 is 2.40 bits per heavy atom. The van der Waals surface area contributed by atoms with Crippen LogP contribution in [0.2, 0.25) is 0 Å². The molecule has 0 radical (unpaired) electrons. The fraction of sp³-hybridized carbons (Fsp3) is 0.444. The van der Waals surface area contributed by atoms with Crippen molar-refractivity contribution >= 4 is 27.8 Å². The van der Waals surface area contributed by atoms with Crippen molar-refractivity contribution in [1.29, 1.82) is 0 Å². The maximum Gasteiger partial charge on any atom is 0.0239 e. The number of aryl methyl sites for hydroxylation is 2. The van der Waals surface area contributed by atoms with Crippen molar-refractivity contribution in [3.63, 3.8) is 0 Å². The minimum atomic E-state index is 0. The Hall–Kier alpha value is -0.860. The Labute approximate surface area is 131 Å². The number of benzene rings is 2. The van der Waals surface area contributed by atoms with Gasteiger partial charge in [0.05, 0.1) is 0 Å². The molecule has 1 heterocycles. The van der Waals surface area contributed by atoms with Gasteiger partial charge in [-0.15, -0.1) is 17.0 Å². The summed E-state index contributed by atoms with van der Waals surface area (Å²) in [6, 6.07) is 11.6. The fourth-order valence-corrected chi connectivity index (χ4v) is 3.80. The van der Waals surface area contributed by atoms with Crippen LogP contribution in [0.25, 0.3) is 10.8 Å². The highest BCUT2D eigenvalue weighted by molar-refractivity contribution is 8.93. The zero-order chi connectivity index (χ0) is 12.7. The highest BCUT2D eigenvalue weighted by Crippen LogP contribution is 2.33. The van der Waals surface area contributed by atoms with Crippen LogP contribution in [0, 0.1) is 0 Å². The minimum absolute atomic E-state index is 0. The largest absolute Gasteiger partial charge is 0.299 e. The highest BCUT2D eigenvalue weighted by atomic mass is 79.9. The molecule has 1 nitrogen and oxygen atoms in total. The molecule has 0 spiro atoms. The third kappa shape index (κ3) is 2.40. The first-order valence-corrected chi connectivity index (χ1v) is 7.66. The van der Waals surface area contributed by atoms with E-state index in [0.29, 0.717) is 0 Å². The topological polar surface area (TPSA) is 3.24 Å². The van der Waals surface area contributed by atoms with E-state index in [9.17, 15) is 0 Å². The van der Waals surface area contributed by atoms with E-state index < -0.39 is 0 Å². The smallest absolute Gasteiger partial charge is 0.0239 e. The van der Waals surface area contributed by atoms with Crippen molar-refractivity contribution in [1.82, 2.24) is 4.90 Å². The van der Waals surface area contributed by atoms with Gasteiger partial charge in [0.25, 0.3) is 0 Å². The molecule has 2 aliphatic rings. The summed E-state index contributed by atoms with van der Waals surface area (Å²) in [5, 5.41) is 3.08. The number of piperidine rings is 1. The molecule has 106 valence electrons. The highest BCUT2D eigenvalue weighted by Gasteiger charge is 2.17. The van der Waals surface area contributed by atoms with Gasteiger partial charge in [0.1, 0.15) is 0 Å². The van der Waals surface area contributed by atoms with Crippen molar-refractivity contribution < 1.29 is 0 Å². The van der Waals surface area contributed by atoms with Crippen LogP contribution in [0.1, 0.15) is 36.0 Å². The number of likely N-dealkylation sites (tertiary alicyclic amines) is 1. The van der Waals surface area contributed by atoms with Crippen LogP contribution in [0.5, 0.6) is 0 Å². The van der Waals surface area contributed by atoms with E-state index in [2.05, 4.69) is 35.2 Å². The molecule has 4 rings (SSSR count). The summed E-state index contributed by atoms with van der Waals surface area (Å²) in [5.41, 5.74) is 4.66. The molecule has 2 aromatic carbocycles. The molecule has 1 aliphatic heterocycles. The standard InChI is InChI=1S/C18H21N.BrH/c1-2-11-19(12-3-1)13-16-10-9-15-8-7-14-5-4-6-17(16)18(14)15;/h4-6,9-10H,1-3,7-8,11-13H2;1H. The van der Waals surface area contributed by atoms with E-state index in [1.54, 1.807) is 16.5 Å². The molecule has 0 unspecified atom stereocenters. The molecule has 2 aromatic rings. The van der Waals surface area contributed by atoms with Gasteiger partial charge in [-0.25, -0.2) is 0 Å². The van der Waals surface area contributed by atoms with Gasteiger partial charge >= 0.3 is 0 Å². The van der Waals surface area contributed by atoms with Gasteiger partial charge in [-0.2, -0.15) is 0 Å². The van der Waals surface area contributed by atoms with Gasteiger partial charge in [0.2, 0.25) is 0 Å². The summed E-state index contributed by atoms with van der Waals surface area (Å²) < 4.78 is 0. The van der Waals surface area contributed by atoms with Crippen LogP contribution in [0.3, 0.4) is 0 Å². The first kappa shape index (κ1) is 14.1. The van der Waals surface area contributed by atoms with Gasteiger partial charge in [0.15, 0.2) is 0 Å². The van der Waals surface area contributed by atoms with E-state index >= 15 is 0 Å². The molecule has 2 heteroatoms. The second-order valence-corrected chi connectivity index (χ2v) is 6.06. The van der Waals surface area contributed by atoms with Crippen LogP contribution >= 0.6 is 17.0 Å². The van der Waals surface area contributed by atoms with Gasteiger partial charge in [0, 0.05) is 6.54 Å². The molecule has 0 bridgehead atoms.